The minimum absolute atomic E-state index is 0.353. The predicted octanol–water partition coefficient (Wildman–Crippen LogP) is 2.51. The summed E-state index contributed by atoms with van der Waals surface area (Å²) in [5, 5.41) is 0. The topological polar surface area (TPSA) is 46.6 Å². The molecule has 0 N–H and O–H groups in total. The summed E-state index contributed by atoms with van der Waals surface area (Å²) in [5.41, 5.74) is 0. The lowest BCUT2D eigenvalue weighted by atomic mass is 10.2. The van der Waals surface area contributed by atoms with Crippen molar-refractivity contribution in [2.75, 3.05) is 19.7 Å². The zero-order valence-corrected chi connectivity index (χ0v) is 12.3. The fourth-order valence-corrected chi connectivity index (χ4v) is 3.57. The molecule has 0 unspecified atom stereocenters. The first-order valence-corrected chi connectivity index (χ1v) is 8.17. The first-order chi connectivity index (χ1) is 9.00. The van der Waals surface area contributed by atoms with Gasteiger partial charge in [0.05, 0.1) is 11.5 Å². The van der Waals surface area contributed by atoms with Crippen LogP contribution in [0.15, 0.2) is 29.2 Å². The van der Waals surface area contributed by atoms with Crippen LogP contribution < -0.4 is 4.74 Å². The fraction of sp³-hybridized carbons (Fsp3) is 0.571. The average molecular weight is 283 g/mol. The molecule has 19 heavy (non-hydrogen) atoms. The Hall–Kier alpha value is -1.07. The lowest BCUT2D eigenvalue weighted by molar-refractivity contribution is 0.271. The molecule has 1 saturated heterocycles. The smallest absolute Gasteiger partial charge is 0.243 e. The Bertz CT molecular complexity index is 502. The van der Waals surface area contributed by atoms with Gasteiger partial charge in [0.1, 0.15) is 5.75 Å². The molecule has 4 nitrogen and oxygen atoms in total. The summed E-state index contributed by atoms with van der Waals surface area (Å²) in [6.07, 6.45) is 1.91. The Kier molecular flexibility index (Phi) is 4.47. The number of nitrogens with zero attached hydrogens (tertiary/aromatic N) is 1. The van der Waals surface area contributed by atoms with E-state index in [-0.39, 0.29) is 0 Å². The molecular formula is C14H21NO3S. The van der Waals surface area contributed by atoms with Crippen LogP contribution in [0.3, 0.4) is 0 Å². The quantitative estimate of drug-likeness (QED) is 0.834. The molecule has 1 fully saturated rings. The second-order valence-corrected chi connectivity index (χ2v) is 7.23. The number of hydrogen-bond acceptors (Lipinski definition) is 3. The number of benzene rings is 1. The van der Waals surface area contributed by atoms with Crippen LogP contribution in [-0.2, 0) is 10.0 Å². The van der Waals surface area contributed by atoms with Gasteiger partial charge in [-0.05, 0) is 43.0 Å². The standard InChI is InChI=1S/C14H21NO3S/c1-12(2)11-18-13-5-7-14(8-6-13)19(16,17)15-9-3-4-10-15/h5-8,12H,3-4,9-11H2,1-2H3. The van der Waals surface area contributed by atoms with E-state index in [9.17, 15) is 8.42 Å². The minimum Gasteiger partial charge on any atom is -0.493 e. The fourth-order valence-electron chi connectivity index (χ4n) is 2.05. The molecule has 0 aliphatic carbocycles. The van der Waals surface area contributed by atoms with Gasteiger partial charge in [0, 0.05) is 13.1 Å². The molecule has 0 amide bonds. The van der Waals surface area contributed by atoms with Crippen molar-refractivity contribution in [3.8, 4) is 5.75 Å². The highest BCUT2D eigenvalue weighted by molar-refractivity contribution is 7.89. The molecule has 1 aromatic carbocycles. The van der Waals surface area contributed by atoms with Gasteiger partial charge in [-0.15, -0.1) is 0 Å². The predicted molar refractivity (Wildman–Crippen MR) is 74.8 cm³/mol. The minimum atomic E-state index is -3.31. The lowest BCUT2D eigenvalue weighted by Crippen LogP contribution is -2.27. The SMILES string of the molecule is CC(C)COc1ccc(S(=O)(=O)N2CCCC2)cc1. The third-order valence-corrected chi connectivity index (χ3v) is 5.02. The number of hydrogen-bond donors (Lipinski definition) is 0. The normalized spacial score (nSPS) is 17.0. The summed E-state index contributed by atoms with van der Waals surface area (Å²) in [6, 6.07) is 6.71. The maximum atomic E-state index is 12.3. The summed E-state index contributed by atoms with van der Waals surface area (Å²) < 4.78 is 31.7. The monoisotopic (exact) mass is 283 g/mol. The van der Waals surface area contributed by atoms with Crippen molar-refractivity contribution in [2.24, 2.45) is 5.92 Å². The van der Waals surface area contributed by atoms with Crippen LogP contribution in [-0.4, -0.2) is 32.4 Å². The summed E-state index contributed by atoms with van der Waals surface area (Å²) >= 11 is 0. The highest BCUT2D eigenvalue weighted by Gasteiger charge is 2.26. The molecule has 1 heterocycles. The van der Waals surface area contributed by atoms with Crippen LogP contribution in [0.2, 0.25) is 0 Å². The van der Waals surface area contributed by atoms with E-state index in [0.29, 0.717) is 36.3 Å². The van der Waals surface area contributed by atoms with Gasteiger partial charge in [0.15, 0.2) is 0 Å². The third-order valence-electron chi connectivity index (χ3n) is 3.11. The van der Waals surface area contributed by atoms with Crippen molar-refractivity contribution in [3.63, 3.8) is 0 Å². The van der Waals surface area contributed by atoms with E-state index in [2.05, 4.69) is 13.8 Å². The van der Waals surface area contributed by atoms with Gasteiger partial charge in [-0.3, -0.25) is 0 Å². The third kappa shape index (κ3) is 3.48. The van der Waals surface area contributed by atoms with E-state index in [1.54, 1.807) is 28.6 Å². The molecule has 1 aliphatic rings. The van der Waals surface area contributed by atoms with E-state index >= 15 is 0 Å². The first-order valence-electron chi connectivity index (χ1n) is 6.73. The summed E-state index contributed by atoms with van der Waals surface area (Å²) in [6.45, 7) is 6.05. The first kappa shape index (κ1) is 14.3. The lowest BCUT2D eigenvalue weighted by Gasteiger charge is -2.16. The van der Waals surface area contributed by atoms with Crippen LogP contribution in [0.1, 0.15) is 26.7 Å². The average Bonchev–Trinajstić information content (AvgIpc) is 2.91. The summed E-state index contributed by atoms with van der Waals surface area (Å²) in [4.78, 5) is 0.353. The van der Waals surface area contributed by atoms with Crippen LogP contribution in [0.25, 0.3) is 0 Å². The second-order valence-electron chi connectivity index (χ2n) is 5.29. The van der Waals surface area contributed by atoms with Crippen LogP contribution in [0.5, 0.6) is 5.75 Å². The van der Waals surface area contributed by atoms with Crippen molar-refractivity contribution < 1.29 is 13.2 Å². The van der Waals surface area contributed by atoms with Crippen LogP contribution in [0, 0.1) is 5.92 Å². The number of rotatable bonds is 5. The highest BCUT2D eigenvalue weighted by atomic mass is 32.2. The van der Waals surface area contributed by atoms with E-state index in [4.69, 9.17) is 4.74 Å². The molecule has 0 bridgehead atoms. The Morgan fingerprint density at radius 3 is 2.26 bits per heavy atom. The Morgan fingerprint density at radius 1 is 1.16 bits per heavy atom. The maximum absolute atomic E-state index is 12.3. The molecule has 0 radical (unpaired) electrons. The van der Waals surface area contributed by atoms with Crippen LogP contribution in [0.4, 0.5) is 0 Å². The molecule has 1 aromatic rings. The van der Waals surface area contributed by atoms with Crippen molar-refractivity contribution in [3.05, 3.63) is 24.3 Å². The Balaban J connectivity index is 2.09. The van der Waals surface area contributed by atoms with Gasteiger partial charge in [-0.1, -0.05) is 13.8 Å². The van der Waals surface area contributed by atoms with Gasteiger partial charge in [0.25, 0.3) is 0 Å². The van der Waals surface area contributed by atoms with Gasteiger partial charge in [-0.25, -0.2) is 8.42 Å². The molecule has 0 spiro atoms. The van der Waals surface area contributed by atoms with Gasteiger partial charge >= 0.3 is 0 Å². The van der Waals surface area contributed by atoms with Gasteiger partial charge in [0.2, 0.25) is 10.0 Å². The Morgan fingerprint density at radius 2 is 1.74 bits per heavy atom. The van der Waals surface area contributed by atoms with Crippen molar-refractivity contribution in [2.45, 2.75) is 31.6 Å². The molecule has 1 aliphatic heterocycles. The number of ether oxygens (including phenoxy) is 1. The van der Waals surface area contributed by atoms with Gasteiger partial charge in [-0.2, -0.15) is 4.31 Å². The van der Waals surface area contributed by atoms with Crippen molar-refractivity contribution >= 4 is 10.0 Å². The highest BCUT2D eigenvalue weighted by Crippen LogP contribution is 2.23. The van der Waals surface area contributed by atoms with E-state index < -0.39 is 10.0 Å². The molecule has 0 aromatic heterocycles. The largest absolute Gasteiger partial charge is 0.493 e. The van der Waals surface area contributed by atoms with E-state index in [1.807, 2.05) is 0 Å². The molecule has 2 rings (SSSR count). The maximum Gasteiger partial charge on any atom is 0.243 e. The van der Waals surface area contributed by atoms with Gasteiger partial charge < -0.3 is 4.74 Å². The summed E-state index contributed by atoms with van der Waals surface area (Å²) in [5.74, 6) is 1.17. The molecule has 5 heteroatoms. The van der Waals surface area contributed by atoms with E-state index in [0.717, 1.165) is 12.8 Å². The van der Waals surface area contributed by atoms with Crippen molar-refractivity contribution in [1.82, 2.24) is 4.31 Å². The van der Waals surface area contributed by atoms with Crippen molar-refractivity contribution in [1.29, 1.82) is 0 Å². The number of sulfonamides is 1. The Labute approximate surface area is 115 Å². The molecule has 0 atom stereocenters. The zero-order valence-electron chi connectivity index (χ0n) is 11.5. The van der Waals surface area contributed by atoms with Crippen LogP contribution >= 0.6 is 0 Å². The summed E-state index contributed by atoms with van der Waals surface area (Å²) in [7, 11) is -3.31. The molecule has 106 valence electrons. The van der Waals surface area contributed by atoms with E-state index in [1.165, 1.54) is 0 Å². The molecular weight excluding hydrogens is 262 g/mol. The zero-order chi connectivity index (χ0) is 13.9. The molecule has 0 saturated carbocycles. The second kappa shape index (κ2) is 5.92.